The van der Waals surface area contributed by atoms with Gasteiger partial charge in [0.2, 0.25) is 5.91 Å². The minimum atomic E-state index is -0.307. The van der Waals surface area contributed by atoms with Gasteiger partial charge in [0.05, 0.1) is 12.6 Å². The molecule has 2 unspecified atom stereocenters. The summed E-state index contributed by atoms with van der Waals surface area (Å²) in [5.74, 6) is 1.29. The number of rotatable bonds is 6. The first-order valence-corrected chi connectivity index (χ1v) is 10.9. The average Bonchev–Trinajstić information content (AvgIpc) is 3.28. The number of ether oxygens (including phenoxy) is 1. The number of aliphatic imine (C=N–C) groups is 1. The molecule has 2 aliphatic rings. The van der Waals surface area contributed by atoms with Gasteiger partial charge in [0.15, 0.2) is 5.96 Å². The van der Waals surface area contributed by atoms with E-state index < -0.39 is 0 Å². The topological polar surface area (TPSA) is 60.4 Å². The van der Waals surface area contributed by atoms with E-state index in [1.54, 1.807) is 19.2 Å². The van der Waals surface area contributed by atoms with Crippen molar-refractivity contribution in [3.63, 3.8) is 0 Å². The molecular weight excluding hydrogens is 512 g/mol. The predicted molar refractivity (Wildman–Crippen MR) is 132 cm³/mol. The molecule has 31 heavy (non-hydrogen) atoms. The fourth-order valence-corrected chi connectivity index (χ4v) is 4.06. The predicted octanol–water partition coefficient (Wildman–Crippen LogP) is 2.41. The van der Waals surface area contributed by atoms with E-state index in [1.807, 2.05) is 18.7 Å². The standard InChI is InChI=1S/C22H34FN5O2.HI/c1-17(30-20-8-6-7-19(23)15-20)16-25-22(24-3)28-13-11-26(12-14-28)18(2)21(29)27-9-4-5-10-27;/h6-8,15,17-18H,4-5,9-14,16H2,1-3H3,(H,24,25);1H. The van der Waals surface area contributed by atoms with Crippen LogP contribution in [0.5, 0.6) is 5.75 Å². The summed E-state index contributed by atoms with van der Waals surface area (Å²) in [6, 6.07) is 6.10. The Kier molecular flexibility index (Phi) is 10.3. The summed E-state index contributed by atoms with van der Waals surface area (Å²) in [4.78, 5) is 23.5. The van der Waals surface area contributed by atoms with Crippen molar-refractivity contribution in [1.29, 1.82) is 0 Å². The van der Waals surface area contributed by atoms with E-state index in [4.69, 9.17) is 4.74 Å². The van der Waals surface area contributed by atoms with Gasteiger partial charge in [0.1, 0.15) is 17.7 Å². The molecule has 0 bridgehead atoms. The van der Waals surface area contributed by atoms with Crippen LogP contribution in [-0.4, -0.2) is 91.6 Å². The van der Waals surface area contributed by atoms with Crippen molar-refractivity contribution in [2.75, 3.05) is 52.9 Å². The van der Waals surface area contributed by atoms with Gasteiger partial charge in [-0.1, -0.05) is 6.07 Å². The van der Waals surface area contributed by atoms with Crippen LogP contribution in [0.3, 0.4) is 0 Å². The van der Waals surface area contributed by atoms with Crippen LogP contribution in [0.15, 0.2) is 29.3 Å². The molecule has 2 fully saturated rings. The smallest absolute Gasteiger partial charge is 0.239 e. The van der Waals surface area contributed by atoms with Crippen LogP contribution in [0.25, 0.3) is 0 Å². The number of nitrogens with one attached hydrogen (secondary N) is 1. The largest absolute Gasteiger partial charge is 0.489 e. The number of piperazine rings is 1. The third-order valence-electron chi connectivity index (χ3n) is 5.83. The Morgan fingerprint density at radius 3 is 2.42 bits per heavy atom. The summed E-state index contributed by atoms with van der Waals surface area (Å²) in [6.07, 6.45) is 2.11. The lowest BCUT2D eigenvalue weighted by Gasteiger charge is -2.39. The number of benzene rings is 1. The quantitative estimate of drug-likeness (QED) is 0.337. The molecule has 0 saturated carbocycles. The van der Waals surface area contributed by atoms with Gasteiger partial charge in [0.25, 0.3) is 0 Å². The van der Waals surface area contributed by atoms with Crippen molar-refractivity contribution in [3.8, 4) is 5.75 Å². The number of nitrogens with zero attached hydrogens (tertiary/aromatic N) is 4. The van der Waals surface area contributed by atoms with Crippen molar-refractivity contribution in [3.05, 3.63) is 30.1 Å². The van der Waals surface area contributed by atoms with E-state index in [9.17, 15) is 9.18 Å². The lowest BCUT2D eigenvalue weighted by molar-refractivity contribution is -0.135. The molecule has 0 radical (unpaired) electrons. The monoisotopic (exact) mass is 547 g/mol. The van der Waals surface area contributed by atoms with E-state index in [0.29, 0.717) is 12.3 Å². The fraction of sp³-hybridized carbons (Fsp3) is 0.636. The molecule has 0 aromatic heterocycles. The van der Waals surface area contributed by atoms with Crippen LogP contribution in [0.4, 0.5) is 4.39 Å². The first-order valence-electron chi connectivity index (χ1n) is 10.9. The number of carbonyl (C=O) groups is 1. The molecule has 2 atom stereocenters. The van der Waals surface area contributed by atoms with E-state index >= 15 is 0 Å². The second-order valence-electron chi connectivity index (χ2n) is 8.05. The van der Waals surface area contributed by atoms with Crippen molar-refractivity contribution in [1.82, 2.24) is 20.0 Å². The number of likely N-dealkylation sites (tertiary alicyclic amines) is 1. The van der Waals surface area contributed by atoms with Gasteiger partial charge < -0.3 is 19.9 Å². The molecular formula is C22H35FIN5O2. The summed E-state index contributed by atoms with van der Waals surface area (Å²) < 4.78 is 19.1. The Hall–Kier alpha value is -1.62. The SMILES string of the molecule is CN=C(NCC(C)Oc1cccc(F)c1)N1CCN(C(C)C(=O)N2CCCC2)CC1.I. The number of amides is 1. The van der Waals surface area contributed by atoms with Gasteiger partial charge in [-0.2, -0.15) is 0 Å². The molecule has 0 spiro atoms. The molecule has 1 amide bonds. The van der Waals surface area contributed by atoms with Crippen LogP contribution >= 0.6 is 24.0 Å². The highest BCUT2D eigenvalue weighted by atomic mass is 127. The zero-order valence-electron chi connectivity index (χ0n) is 18.7. The van der Waals surface area contributed by atoms with Gasteiger partial charge >= 0.3 is 0 Å². The van der Waals surface area contributed by atoms with Crippen molar-refractivity contribution < 1.29 is 13.9 Å². The first kappa shape index (κ1) is 25.6. The van der Waals surface area contributed by atoms with Gasteiger partial charge in [-0.05, 0) is 38.8 Å². The zero-order valence-corrected chi connectivity index (χ0v) is 21.0. The van der Waals surface area contributed by atoms with Crippen LogP contribution < -0.4 is 10.1 Å². The molecule has 7 nitrogen and oxygen atoms in total. The van der Waals surface area contributed by atoms with Crippen LogP contribution in [0.2, 0.25) is 0 Å². The summed E-state index contributed by atoms with van der Waals surface area (Å²) in [6.45, 7) is 9.61. The second-order valence-corrected chi connectivity index (χ2v) is 8.05. The van der Waals surface area contributed by atoms with Crippen LogP contribution in [-0.2, 0) is 4.79 Å². The van der Waals surface area contributed by atoms with Crippen LogP contribution in [0, 0.1) is 5.82 Å². The van der Waals surface area contributed by atoms with Gasteiger partial charge in [-0.25, -0.2) is 4.39 Å². The first-order chi connectivity index (χ1) is 14.5. The minimum absolute atomic E-state index is 0. The van der Waals surface area contributed by atoms with E-state index in [-0.39, 0.29) is 47.8 Å². The third kappa shape index (κ3) is 7.20. The number of halogens is 2. The Balaban J connectivity index is 0.00000341. The average molecular weight is 547 g/mol. The molecule has 1 N–H and O–H groups in total. The molecule has 2 aliphatic heterocycles. The molecule has 1 aromatic rings. The minimum Gasteiger partial charge on any atom is -0.489 e. The normalized spacial score (nSPS) is 19.5. The third-order valence-corrected chi connectivity index (χ3v) is 5.83. The van der Waals surface area contributed by atoms with Gasteiger partial charge in [-0.15, -0.1) is 24.0 Å². The van der Waals surface area contributed by atoms with E-state index in [1.165, 1.54) is 12.1 Å². The Morgan fingerprint density at radius 2 is 1.81 bits per heavy atom. The van der Waals surface area contributed by atoms with E-state index in [2.05, 4.69) is 20.1 Å². The fourth-order valence-electron chi connectivity index (χ4n) is 4.06. The molecule has 1 aromatic carbocycles. The highest BCUT2D eigenvalue weighted by Crippen LogP contribution is 2.15. The summed E-state index contributed by atoms with van der Waals surface area (Å²) in [5.41, 5.74) is 0. The highest BCUT2D eigenvalue weighted by Gasteiger charge is 2.30. The highest BCUT2D eigenvalue weighted by molar-refractivity contribution is 14.0. The number of carbonyl (C=O) groups excluding carboxylic acids is 1. The van der Waals surface area contributed by atoms with E-state index in [0.717, 1.165) is 58.1 Å². The Labute approximate surface area is 202 Å². The van der Waals surface area contributed by atoms with Crippen molar-refractivity contribution in [2.24, 2.45) is 4.99 Å². The molecule has 174 valence electrons. The number of hydrogen-bond acceptors (Lipinski definition) is 4. The summed E-state index contributed by atoms with van der Waals surface area (Å²) >= 11 is 0. The maximum atomic E-state index is 13.3. The zero-order chi connectivity index (χ0) is 21.5. The number of hydrogen-bond donors (Lipinski definition) is 1. The maximum absolute atomic E-state index is 13.3. The molecule has 2 saturated heterocycles. The Morgan fingerprint density at radius 1 is 1.13 bits per heavy atom. The number of guanidine groups is 1. The molecule has 2 heterocycles. The lowest BCUT2D eigenvalue weighted by Crippen LogP contribution is -2.57. The van der Waals surface area contributed by atoms with Crippen molar-refractivity contribution >= 4 is 35.8 Å². The Bertz CT molecular complexity index is 736. The second kappa shape index (κ2) is 12.4. The molecule has 3 rings (SSSR count). The molecule has 9 heteroatoms. The van der Waals surface area contributed by atoms with Gasteiger partial charge in [0, 0.05) is 52.4 Å². The maximum Gasteiger partial charge on any atom is 0.239 e. The molecule has 0 aliphatic carbocycles. The van der Waals surface area contributed by atoms with Gasteiger partial charge in [-0.3, -0.25) is 14.7 Å². The lowest BCUT2D eigenvalue weighted by atomic mass is 10.2. The summed E-state index contributed by atoms with van der Waals surface area (Å²) in [7, 11) is 1.77. The van der Waals surface area contributed by atoms with Crippen LogP contribution in [0.1, 0.15) is 26.7 Å². The van der Waals surface area contributed by atoms with Crippen molar-refractivity contribution in [2.45, 2.75) is 38.8 Å². The summed E-state index contributed by atoms with van der Waals surface area (Å²) in [5, 5.41) is 3.35.